The van der Waals surface area contributed by atoms with Gasteiger partial charge in [-0.25, -0.2) is 0 Å². The van der Waals surface area contributed by atoms with E-state index in [9.17, 15) is 9.59 Å². The van der Waals surface area contributed by atoms with Crippen LogP contribution < -0.4 is 0 Å². The number of aliphatic carboxylic acids is 1. The van der Waals surface area contributed by atoms with Crippen molar-refractivity contribution in [2.75, 3.05) is 6.54 Å². The Hall–Kier alpha value is -1.50. The molecule has 4 heteroatoms. The highest BCUT2D eigenvalue weighted by molar-refractivity contribution is 5.95. The second-order valence-corrected chi connectivity index (χ2v) is 3.60. The molecule has 0 bridgehead atoms. The third kappa shape index (κ3) is 3.61. The molecule has 0 fully saturated rings. The molecule has 0 aliphatic rings. The summed E-state index contributed by atoms with van der Waals surface area (Å²) in [6.07, 6.45) is 4.91. The summed E-state index contributed by atoms with van der Waals surface area (Å²) in [4.78, 5) is 22.7. The summed E-state index contributed by atoms with van der Waals surface area (Å²) in [6.45, 7) is 4.81. The van der Waals surface area contributed by atoms with Crippen LogP contribution >= 0.6 is 0 Å². The lowest BCUT2D eigenvalue weighted by molar-refractivity contribution is -0.145. The van der Waals surface area contributed by atoms with Gasteiger partial charge in [-0.2, -0.15) is 0 Å². The van der Waals surface area contributed by atoms with Crippen molar-refractivity contribution in [3.05, 3.63) is 0 Å². The SMILES string of the molecule is C#CC(=O)N(CC(=O)O)C(C)(C)C. The third-order valence-corrected chi connectivity index (χ3v) is 1.47. The Morgan fingerprint density at radius 3 is 2.15 bits per heavy atom. The van der Waals surface area contributed by atoms with E-state index in [2.05, 4.69) is 0 Å². The Morgan fingerprint density at radius 1 is 1.46 bits per heavy atom. The number of nitrogens with zero attached hydrogens (tertiary/aromatic N) is 1. The van der Waals surface area contributed by atoms with Crippen LogP contribution in [0.15, 0.2) is 0 Å². The van der Waals surface area contributed by atoms with Gasteiger partial charge in [-0.15, -0.1) is 6.42 Å². The molecule has 0 heterocycles. The number of amides is 1. The van der Waals surface area contributed by atoms with E-state index in [1.54, 1.807) is 20.8 Å². The van der Waals surface area contributed by atoms with Gasteiger partial charge in [-0.1, -0.05) is 0 Å². The molecule has 0 saturated heterocycles. The van der Waals surface area contributed by atoms with Crippen molar-refractivity contribution in [2.45, 2.75) is 26.3 Å². The highest BCUT2D eigenvalue weighted by Gasteiger charge is 2.26. The number of carbonyl (C=O) groups is 2. The molecule has 0 aliphatic heterocycles. The number of carboxylic acid groups (broad SMARTS) is 1. The molecule has 0 atom stereocenters. The van der Waals surface area contributed by atoms with Gasteiger partial charge in [-0.05, 0) is 26.7 Å². The maximum atomic E-state index is 11.1. The largest absolute Gasteiger partial charge is 0.480 e. The summed E-state index contributed by atoms with van der Waals surface area (Å²) < 4.78 is 0. The maximum Gasteiger partial charge on any atom is 0.323 e. The van der Waals surface area contributed by atoms with Gasteiger partial charge in [0.25, 0.3) is 5.91 Å². The van der Waals surface area contributed by atoms with E-state index in [4.69, 9.17) is 11.5 Å². The maximum absolute atomic E-state index is 11.1. The molecular weight excluding hydrogens is 170 g/mol. The fourth-order valence-corrected chi connectivity index (χ4v) is 0.827. The van der Waals surface area contributed by atoms with Gasteiger partial charge in [0.15, 0.2) is 0 Å². The second kappa shape index (κ2) is 3.94. The van der Waals surface area contributed by atoms with E-state index in [1.807, 2.05) is 5.92 Å². The Kier molecular flexibility index (Phi) is 3.49. The van der Waals surface area contributed by atoms with Crippen LogP contribution in [0.5, 0.6) is 0 Å². The van der Waals surface area contributed by atoms with Gasteiger partial charge >= 0.3 is 5.97 Å². The first-order valence-electron chi connectivity index (χ1n) is 3.79. The summed E-state index contributed by atoms with van der Waals surface area (Å²) in [5.41, 5.74) is -0.568. The Labute approximate surface area is 77.5 Å². The summed E-state index contributed by atoms with van der Waals surface area (Å²) in [5.74, 6) is 0.228. The Balaban J connectivity index is 4.69. The molecule has 1 N–H and O–H groups in total. The zero-order valence-corrected chi connectivity index (χ0v) is 8.00. The fourth-order valence-electron chi connectivity index (χ4n) is 0.827. The highest BCUT2D eigenvalue weighted by Crippen LogP contribution is 2.12. The van der Waals surface area contributed by atoms with Crippen molar-refractivity contribution in [1.82, 2.24) is 4.90 Å². The molecule has 0 aromatic carbocycles. The third-order valence-electron chi connectivity index (χ3n) is 1.47. The molecule has 0 spiro atoms. The lowest BCUT2D eigenvalue weighted by Gasteiger charge is -2.32. The molecule has 13 heavy (non-hydrogen) atoms. The Morgan fingerprint density at radius 2 is 1.92 bits per heavy atom. The monoisotopic (exact) mass is 183 g/mol. The van der Waals surface area contributed by atoms with Gasteiger partial charge in [0, 0.05) is 5.54 Å². The van der Waals surface area contributed by atoms with Crippen molar-refractivity contribution >= 4 is 11.9 Å². The van der Waals surface area contributed by atoms with Gasteiger partial charge in [0.1, 0.15) is 6.54 Å². The van der Waals surface area contributed by atoms with Crippen LogP contribution in [0.3, 0.4) is 0 Å². The van der Waals surface area contributed by atoms with Crippen LogP contribution in [0, 0.1) is 12.3 Å². The molecule has 0 radical (unpaired) electrons. The minimum atomic E-state index is -1.07. The first kappa shape index (κ1) is 11.5. The van der Waals surface area contributed by atoms with Crippen LogP contribution in [0.1, 0.15) is 20.8 Å². The van der Waals surface area contributed by atoms with Gasteiger partial charge < -0.3 is 10.0 Å². The molecule has 0 aromatic rings. The average molecular weight is 183 g/mol. The van der Waals surface area contributed by atoms with Crippen LogP contribution in [0.4, 0.5) is 0 Å². The van der Waals surface area contributed by atoms with Crippen LogP contribution in [0.2, 0.25) is 0 Å². The predicted octanol–water partition coefficient (Wildman–Crippen LogP) is 0.331. The topological polar surface area (TPSA) is 57.6 Å². The van der Waals surface area contributed by atoms with E-state index >= 15 is 0 Å². The van der Waals surface area contributed by atoms with E-state index in [1.165, 1.54) is 0 Å². The Bertz CT molecular complexity index is 257. The molecule has 0 rings (SSSR count). The number of terminal acetylenes is 1. The zero-order chi connectivity index (χ0) is 10.6. The first-order valence-corrected chi connectivity index (χ1v) is 3.79. The molecule has 0 aromatic heterocycles. The van der Waals surface area contributed by atoms with Gasteiger partial charge in [-0.3, -0.25) is 9.59 Å². The summed E-state index contributed by atoms with van der Waals surface area (Å²) in [5, 5.41) is 8.53. The smallest absolute Gasteiger partial charge is 0.323 e. The van der Waals surface area contributed by atoms with Crippen molar-refractivity contribution in [3.63, 3.8) is 0 Å². The van der Waals surface area contributed by atoms with Crippen LogP contribution in [-0.4, -0.2) is 34.0 Å². The molecule has 1 amide bonds. The van der Waals surface area contributed by atoms with Crippen LogP contribution in [-0.2, 0) is 9.59 Å². The number of hydrogen-bond acceptors (Lipinski definition) is 2. The highest BCUT2D eigenvalue weighted by atomic mass is 16.4. The van der Waals surface area contributed by atoms with E-state index in [-0.39, 0.29) is 6.54 Å². The van der Waals surface area contributed by atoms with Gasteiger partial charge in [0.2, 0.25) is 0 Å². The number of carbonyl (C=O) groups excluding carboxylic acids is 1. The van der Waals surface area contributed by atoms with E-state index in [0.29, 0.717) is 0 Å². The minimum Gasteiger partial charge on any atom is -0.480 e. The first-order chi connectivity index (χ1) is 5.79. The standard InChI is InChI=1S/C9H13NO3/c1-5-7(11)10(6-8(12)13)9(2,3)4/h1H,6H2,2-4H3,(H,12,13). The number of hydrogen-bond donors (Lipinski definition) is 1. The molecule has 0 saturated carbocycles. The van der Waals surface area contributed by atoms with E-state index < -0.39 is 17.4 Å². The van der Waals surface area contributed by atoms with Crippen molar-refractivity contribution in [1.29, 1.82) is 0 Å². The second-order valence-electron chi connectivity index (χ2n) is 3.60. The fraction of sp³-hybridized carbons (Fsp3) is 0.556. The quantitative estimate of drug-likeness (QED) is 0.628. The van der Waals surface area contributed by atoms with E-state index in [0.717, 1.165) is 4.90 Å². The van der Waals surface area contributed by atoms with Crippen molar-refractivity contribution in [3.8, 4) is 12.3 Å². The number of carboxylic acids is 1. The molecule has 4 nitrogen and oxygen atoms in total. The molecule has 0 unspecified atom stereocenters. The molecule has 0 aliphatic carbocycles. The zero-order valence-electron chi connectivity index (χ0n) is 8.00. The number of rotatable bonds is 2. The molecule has 72 valence electrons. The summed E-state index contributed by atoms with van der Waals surface area (Å²) in [7, 11) is 0. The van der Waals surface area contributed by atoms with Crippen molar-refractivity contribution in [2.24, 2.45) is 0 Å². The van der Waals surface area contributed by atoms with Crippen LogP contribution in [0.25, 0.3) is 0 Å². The average Bonchev–Trinajstić information content (AvgIpc) is 1.96. The predicted molar refractivity (Wildman–Crippen MR) is 47.9 cm³/mol. The van der Waals surface area contributed by atoms with Crippen molar-refractivity contribution < 1.29 is 14.7 Å². The lowest BCUT2D eigenvalue weighted by Crippen LogP contribution is -2.47. The van der Waals surface area contributed by atoms with Gasteiger partial charge in [0.05, 0.1) is 0 Å². The molecular formula is C9H13NO3. The minimum absolute atomic E-state index is 0.369. The summed E-state index contributed by atoms with van der Waals surface area (Å²) >= 11 is 0. The lowest BCUT2D eigenvalue weighted by atomic mass is 10.1. The normalized spacial score (nSPS) is 10.3. The summed E-state index contributed by atoms with van der Waals surface area (Å²) in [6, 6.07) is 0.